The van der Waals surface area contributed by atoms with Crippen LogP contribution in [0.15, 0.2) is 24.3 Å². The molecule has 1 aromatic rings. The van der Waals surface area contributed by atoms with Crippen LogP contribution in [-0.4, -0.2) is 23.5 Å². The van der Waals surface area contributed by atoms with Crippen LogP contribution in [-0.2, 0) is 4.79 Å². The third kappa shape index (κ3) is 3.37. The zero-order chi connectivity index (χ0) is 18.3. The average molecular weight is 356 g/mol. The van der Waals surface area contributed by atoms with E-state index in [2.05, 4.69) is 16.0 Å². The molecule has 4 fully saturated rings. The summed E-state index contributed by atoms with van der Waals surface area (Å²) >= 11 is 0. The van der Waals surface area contributed by atoms with Crippen molar-refractivity contribution in [1.29, 1.82) is 0 Å². The van der Waals surface area contributed by atoms with Crippen LogP contribution >= 0.6 is 0 Å². The van der Waals surface area contributed by atoms with Crippen LogP contribution in [0, 0.1) is 17.8 Å². The lowest BCUT2D eigenvalue weighted by Crippen LogP contribution is -2.54. The van der Waals surface area contributed by atoms with Gasteiger partial charge in [-0.15, -0.1) is 0 Å². The number of amides is 3. The van der Waals surface area contributed by atoms with E-state index in [1.807, 2.05) is 24.3 Å². The van der Waals surface area contributed by atoms with Gasteiger partial charge in [-0.25, -0.2) is 4.79 Å². The first-order valence-corrected chi connectivity index (χ1v) is 9.66. The van der Waals surface area contributed by atoms with E-state index < -0.39 is 12.1 Å². The minimum atomic E-state index is -0.701. The van der Waals surface area contributed by atoms with E-state index in [9.17, 15) is 9.59 Å². The molecule has 0 aliphatic heterocycles. The smallest absolute Gasteiger partial charge is 0.312 e. The molecule has 5 rings (SSSR count). The van der Waals surface area contributed by atoms with Gasteiger partial charge in [-0.1, -0.05) is 12.1 Å². The first-order chi connectivity index (χ1) is 12.4. The summed E-state index contributed by atoms with van der Waals surface area (Å²) in [5.74, 6) is 2.30. The molecule has 4 saturated carbocycles. The third-order valence-electron chi connectivity index (χ3n) is 6.38. The molecule has 0 unspecified atom stereocenters. The van der Waals surface area contributed by atoms with Gasteiger partial charge in [0.25, 0.3) is 0 Å². The van der Waals surface area contributed by atoms with Crippen LogP contribution in [0.2, 0.25) is 0 Å². The van der Waals surface area contributed by atoms with E-state index in [1.54, 1.807) is 6.92 Å². The van der Waals surface area contributed by atoms with Gasteiger partial charge < -0.3 is 21.7 Å². The molecule has 0 saturated heterocycles. The molecule has 1 aromatic carbocycles. The number of nitrogens with one attached hydrogen (secondary N) is 3. The highest BCUT2D eigenvalue weighted by Gasteiger charge is 2.51. The van der Waals surface area contributed by atoms with Crippen molar-refractivity contribution in [2.24, 2.45) is 23.5 Å². The topological polar surface area (TPSA) is 96.2 Å². The Balaban J connectivity index is 1.50. The average Bonchev–Trinajstić information content (AvgIpc) is 2.54. The predicted molar refractivity (Wildman–Crippen MR) is 102 cm³/mol. The lowest BCUT2D eigenvalue weighted by atomic mass is 9.53. The van der Waals surface area contributed by atoms with Crippen molar-refractivity contribution in [1.82, 2.24) is 5.32 Å². The normalized spacial score (nSPS) is 32.7. The Morgan fingerprint density at radius 3 is 2.12 bits per heavy atom. The molecule has 0 aromatic heterocycles. The van der Waals surface area contributed by atoms with Crippen molar-refractivity contribution in [3.05, 3.63) is 24.3 Å². The Hall–Kier alpha value is -2.24. The van der Waals surface area contributed by atoms with E-state index in [4.69, 9.17) is 5.73 Å². The van der Waals surface area contributed by atoms with Gasteiger partial charge in [-0.2, -0.15) is 0 Å². The molecule has 0 radical (unpaired) electrons. The van der Waals surface area contributed by atoms with Gasteiger partial charge in [-0.05, 0) is 75.3 Å². The fraction of sp³-hybridized carbons (Fsp3) is 0.600. The highest BCUT2D eigenvalue weighted by atomic mass is 16.2. The van der Waals surface area contributed by atoms with Gasteiger partial charge >= 0.3 is 6.03 Å². The zero-order valence-electron chi connectivity index (χ0n) is 15.3. The summed E-state index contributed by atoms with van der Waals surface area (Å²) in [6.07, 6.45) is 7.91. The number of carbonyl (C=O) groups is 2. The Bertz CT molecular complexity index is 682. The number of benzene rings is 1. The van der Waals surface area contributed by atoms with Crippen LogP contribution in [0.1, 0.15) is 45.4 Å². The summed E-state index contributed by atoms with van der Waals surface area (Å²) in [7, 11) is 0. The summed E-state index contributed by atoms with van der Waals surface area (Å²) < 4.78 is 0. The first kappa shape index (κ1) is 17.2. The third-order valence-corrected chi connectivity index (χ3v) is 6.38. The number of hydrogen-bond donors (Lipinski definition) is 4. The molecule has 4 bridgehead atoms. The predicted octanol–water partition coefficient (Wildman–Crippen LogP) is 3.06. The fourth-order valence-corrected chi connectivity index (χ4v) is 5.77. The summed E-state index contributed by atoms with van der Waals surface area (Å²) in [4.78, 5) is 23.3. The maximum Gasteiger partial charge on any atom is 0.312 e. The van der Waals surface area contributed by atoms with Crippen molar-refractivity contribution in [3.8, 4) is 0 Å². The standard InChI is InChI=1S/C20H28N4O2/c1-12(22-19(21)26)18(25)23-16-4-2-3-5-17(16)24-20-9-13-6-14(10-20)8-15(7-13)11-20/h2-5,12-15,24H,6-11H2,1H3,(H,23,25)(H3,21,22,26)/t12-,13?,14?,15?,20?/m1/s1. The molecule has 0 spiro atoms. The maximum absolute atomic E-state index is 12.4. The van der Waals surface area contributed by atoms with Gasteiger partial charge in [0.05, 0.1) is 11.4 Å². The minimum Gasteiger partial charge on any atom is -0.378 e. The highest BCUT2D eigenvalue weighted by Crippen LogP contribution is 2.56. The molecular weight excluding hydrogens is 328 g/mol. The Morgan fingerprint density at radius 2 is 1.58 bits per heavy atom. The van der Waals surface area contributed by atoms with Gasteiger partial charge in [0, 0.05) is 5.54 Å². The van der Waals surface area contributed by atoms with Crippen molar-refractivity contribution in [2.75, 3.05) is 10.6 Å². The maximum atomic E-state index is 12.4. The largest absolute Gasteiger partial charge is 0.378 e. The van der Waals surface area contributed by atoms with Gasteiger partial charge in [0.2, 0.25) is 5.91 Å². The number of hydrogen-bond acceptors (Lipinski definition) is 3. The number of para-hydroxylation sites is 2. The number of urea groups is 1. The summed E-state index contributed by atoms with van der Waals surface area (Å²) in [6, 6.07) is 6.45. The second-order valence-corrected chi connectivity index (χ2v) is 8.59. The second-order valence-electron chi connectivity index (χ2n) is 8.59. The Kier molecular flexibility index (Phi) is 4.29. The first-order valence-electron chi connectivity index (χ1n) is 9.66. The second kappa shape index (κ2) is 6.49. The lowest BCUT2D eigenvalue weighted by molar-refractivity contribution is -0.117. The monoisotopic (exact) mass is 356 g/mol. The fourth-order valence-electron chi connectivity index (χ4n) is 5.77. The van der Waals surface area contributed by atoms with E-state index in [0.717, 1.165) is 29.1 Å². The number of carbonyl (C=O) groups excluding carboxylic acids is 2. The van der Waals surface area contributed by atoms with E-state index in [-0.39, 0.29) is 11.4 Å². The number of anilines is 2. The van der Waals surface area contributed by atoms with Crippen molar-refractivity contribution < 1.29 is 9.59 Å². The van der Waals surface area contributed by atoms with Gasteiger partial charge in [0.15, 0.2) is 0 Å². The summed E-state index contributed by atoms with van der Waals surface area (Å²) in [6.45, 7) is 1.62. The Morgan fingerprint density at radius 1 is 1.04 bits per heavy atom. The van der Waals surface area contributed by atoms with Crippen LogP contribution < -0.4 is 21.7 Å². The molecule has 26 heavy (non-hydrogen) atoms. The molecular formula is C20H28N4O2. The Labute approximate surface area is 154 Å². The molecule has 4 aliphatic rings. The van der Waals surface area contributed by atoms with E-state index in [0.29, 0.717) is 0 Å². The van der Waals surface area contributed by atoms with Crippen LogP contribution in [0.4, 0.5) is 16.2 Å². The van der Waals surface area contributed by atoms with Crippen LogP contribution in [0.25, 0.3) is 0 Å². The van der Waals surface area contributed by atoms with Crippen LogP contribution in [0.5, 0.6) is 0 Å². The van der Waals surface area contributed by atoms with Gasteiger partial charge in [-0.3, -0.25) is 4.79 Å². The van der Waals surface area contributed by atoms with E-state index in [1.165, 1.54) is 38.5 Å². The molecule has 3 amide bonds. The lowest BCUT2D eigenvalue weighted by Gasteiger charge is -2.57. The zero-order valence-corrected chi connectivity index (χ0v) is 15.3. The quantitative estimate of drug-likeness (QED) is 0.653. The number of nitrogens with two attached hydrogens (primary N) is 1. The highest BCUT2D eigenvalue weighted by molar-refractivity contribution is 5.99. The molecule has 0 heterocycles. The number of primary amides is 1. The van der Waals surface area contributed by atoms with Crippen molar-refractivity contribution in [3.63, 3.8) is 0 Å². The molecule has 6 nitrogen and oxygen atoms in total. The molecule has 1 atom stereocenters. The van der Waals surface area contributed by atoms with Gasteiger partial charge in [0.1, 0.15) is 6.04 Å². The molecule has 5 N–H and O–H groups in total. The van der Waals surface area contributed by atoms with E-state index >= 15 is 0 Å². The summed E-state index contributed by atoms with van der Waals surface area (Å²) in [5.41, 5.74) is 7.00. The van der Waals surface area contributed by atoms with Crippen molar-refractivity contribution in [2.45, 2.75) is 57.0 Å². The van der Waals surface area contributed by atoms with Crippen molar-refractivity contribution >= 4 is 23.3 Å². The summed E-state index contributed by atoms with van der Waals surface area (Å²) in [5, 5.41) is 9.16. The molecule has 6 heteroatoms. The number of rotatable bonds is 5. The van der Waals surface area contributed by atoms with Crippen LogP contribution in [0.3, 0.4) is 0 Å². The molecule has 4 aliphatic carbocycles. The molecule has 140 valence electrons. The minimum absolute atomic E-state index is 0.173. The SMILES string of the molecule is C[C@@H](NC(N)=O)C(=O)Nc1ccccc1NC12CC3CC(CC(C3)C1)C2.